The van der Waals surface area contributed by atoms with E-state index in [9.17, 15) is 13.8 Å². The maximum atomic E-state index is 17.2. The van der Waals surface area contributed by atoms with Crippen LogP contribution in [0.1, 0.15) is 79.3 Å². The van der Waals surface area contributed by atoms with Gasteiger partial charge in [0.25, 0.3) is 11.8 Å². The number of hydrogen-bond donors (Lipinski definition) is 1. The third-order valence-corrected chi connectivity index (χ3v) is 14.6. The normalized spacial score (nSPS) is 34.6. The highest BCUT2D eigenvalue weighted by Gasteiger charge is 2.54. The number of halogens is 2. The third kappa shape index (κ3) is 7.51. The number of benzene rings is 2. The fourth-order valence-electron chi connectivity index (χ4n) is 9.42. The number of fused-ring (bicyclic) bond motifs is 6. The average Bonchev–Trinajstić information content (AvgIpc) is 3.92. The van der Waals surface area contributed by atoms with Crippen LogP contribution < -0.4 is 14.4 Å². The van der Waals surface area contributed by atoms with Crippen LogP contribution in [0.2, 0.25) is 5.02 Å². The van der Waals surface area contributed by atoms with Gasteiger partial charge in [0.1, 0.15) is 28.0 Å². The quantitative estimate of drug-likeness (QED) is 0.339. The summed E-state index contributed by atoms with van der Waals surface area (Å²) < 4.78 is 61.9. The molecule has 3 aliphatic heterocycles. The van der Waals surface area contributed by atoms with Gasteiger partial charge in [-0.05, 0) is 110 Å². The molecule has 0 radical (unpaired) electrons. The van der Waals surface area contributed by atoms with Crippen molar-refractivity contribution in [2.75, 3.05) is 57.3 Å². The van der Waals surface area contributed by atoms with Crippen LogP contribution in [0.4, 0.5) is 10.1 Å². The molecule has 2 aromatic carbocycles. The first-order valence-corrected chi connectivity index (χ1v) is 21.1. The SMILES string of the molecule is CO[C@H]1/C=C\C[C@H](C)CS(=O)(NC(=O)COC2CCOCC2)=NC(=O)c2ccc3c(c2F)N(C[C@@H]2CC[C@H]21)C[C@]1(CO3)C[C@@H]2C[C@@H]2c2cc(Cl)ccc21. The van der Waals surface area contributed by atoms with Crippen molar-refractivity contribution in [1.29, 1.82) is 0 Å². The maximum absolute atomic E-state index is 17.2. The lowest BCUT2D eigenvalue weighted by atomic mass is 9.68. The Morgan fingerprint density at radius 2 is 2.00 bits per heavy atom. The van der Waals surface area contributed by atoms with Gasteiger partial charge in [-0.25, -0.2) is 8.60 Å². The molecule has 3 aliphatic carbocycles. The molecule has 1 saturated heterocycles. The summed E-state index contributed by atoms with van der Waals surface area (Å²) in [6, 6.07) is 9.12. The van der Waals surface area contributed by atoms with E-state index < -0.39 is 33.0 Å². The Bertz CT molecular complexity index is 1910. The first-order chi connectivity index (χ1) is 25.5. The minimum atomic E-state index is -3.68. The number of anilines is 1. The molecule has 1 unspecified atom stereocenters. The number of nitrogens with zero attached hydrogens (tertiary/aromatic N) is 2. The summed E-state index contributed by atoms with van der Waals surface area (Å²) >= 11 is 6.51. The minimum Gasteiger partial charge on any atom is -0.490 e. The number of carbonyl (C=O) groups is 2. The van der Waals surface area contributed by atoms with Crippen LogP contribution in [-0.4, -0.2) is 80.6 Å². The highest BCUT2D eigenvalue weighted by Crippen LogP contribution is 2.61. The number of methoxy groups -OCH3 is 1. The molecule has 2 saturated carbocycles. The molecular weight excluding hydrogens is 721 g/mol. The zero-order chi connectivity index (χ0) is 36.9. The second-order valence-corrected chi connectivity index (χ2v) is 18.5. The van der Waals surface area contributed by atoms with E-state index in [0.29, 0.717) is 74.8 Å². The minimum absolute atomic E-state index is 0.105. The van der Waals surface area contributed by atoms with Crippen molar-refractivity contribution in [3.8, 4) is 5.75 Å². The molecule has 10 nitrogen and oxygen atoms in total. The number of allylic oxidation sites excluding steroid dienone is 1. The number of ether oxygens (including phenoxy) is 4. The highest BCUT2D eigenvalue weighted by molar-refractivity contribution is 7.92. The Morgan fingerprint density at radius 3 is 2.77 bits per heavy atom. The van der Waals surface area contributed by atoms with Crippen LogP contribution in [0, 0.1) is 29.5 Å². The van der Waals surface area contributed by atoms with E-state index in [0.717, 1.165) is 25.7 Å². The predicted octanol–water partition coefficient (Wildman–Crippen LogP) is 6.60. The molecule has 53 heavy (non-hydrogen) atoms. The van der Waals surface area contributed by atoms with E-state index in [-0.39, 0.29) is 53.6 Å². The van der Waals surface area contributed by atoms with Crippen LogP contribution in [0.25, 0.3) is 0 Å². The van der Waals surface area contributed by atoms with Crippen LogP contribution >= 0.6 is 11.6 Å². The van der Waals surface area contributed by atoms with Crippen LogP contribution in [-0.2, 0) is 34.3 Å². The molecule has 3 heterocycles. The van der Waals surface area contributed by atoms with Crippen molar-refractivity contribution in [1.82, 2.24) is 4.72 Å². The molecule has 2 bridgehead atoms. The van der Waals surface area contributed by atoms with Gasteiger partial charge >= 0.3 is 0 Å². The molecule has 6 aliphatic rings. The van der Waals surface area contributed by atoms with Crippen LogP contribution in [0.15, 0.2) is 46.8 Å². The topological polar surface area (TPSA) is 116 Å². The summed E-state index contributed by atoms with van der Waals surface area (Å²) in [7, 11) is -1.96. The fraction of sp³-hybridized carbons (Fsp3) is 0.600. The smallest absolute Gasteiger partial charge is 0.289 e. The van der Waals surface area contributed by atoms with E-state index in [1.807, 2.05) is 19.1 Å². The zero-order valence-electron chi connectivity index (χ0n) is 30.4. The lowest BCUT2D eigenvalue weighted by Gasteiger charge is -2.46. The number of carbonyl (C=O) groups excluding carboxylic acids is 2. The molecule has 8 rings (SSSR count). The van der Waals surface area contributed by atoms with E-state index in [1.54, 1.807) is 13.2 Å². The number of hydrogen-bond acceptors (Lipinski definition) is 8. The summed E-state index contributed by atoms with van der Waals surface area (Å²) in [5, 5.41) is 0.706. The van der Waals surface area contributed by atoms with Gasteiger partial charge < -0.3 is 23.8 Å². The molecular formula is C40H49ClFN3O7S. The summed E-state index contributed by atoms with van der Waals surface area (Å²) in [5.74, 6) is -0.957. The molecule has 8 atom stereocenters. The Balaban J connectivity index is 1.17. The van der Waals surface area contributed by atoms with Gasteiger partial charge in [-0.2, -0.15) is 0 Å². The predicted molar refractivity (Wildman–Crippen MR) is 200 cm³/mol. The number of rotatable bonds is 5. The van der Waals surface area contributed by atoms with Crippen molar-refractivity contribution in [3.05, 3.63) is 70.0 Å². The number of nitrogens with one attached hydrogen (secondary N) is 1. The number of amides is 2. The fourth-order valence-corrected chi connectivity index (χ4v) is 11.5. The van der Waals surface area contributed by atoms with Gasteiger partial charge in [0, 0.05) is 43.9 Å². The average molecular weight is 770 g/mol. The van der Waals surface area contributed by atoms with Crippen molar-refractivity contribution in [2.45, 2.75) is 75.4 Å². The van der Waals surface area contributed by atoms with Crippen LogP contribution in [0.5, 0.6) is 5.75 Å². The maximum Gasteiger partial charge on any atom is 0.289 e. The zero-order valence-corrected chi connectivity index (χ0v) is 32.0. The summed E-state index contributed by atoms with van der Waals surface area (Å²) in [6.45, 7) is 4.05. The highest BCUT2D eigenvalue weighted by atomic mass is 35.5. The summed E-state index contributed by atoms with van der Waals surface area (Å²) in [4.78, 5) is 29.2. The Kier molecular flexibility index (Phi) is 10.4. The molecule has 2 aromatic rings. The molecule has 3 fully saturated rings. The van der Waals surface area contributed by atoms with Gasteiger partial charge in [0.15, 0.2) is 5.82 Å². The van der Waals surface area contributed by atoms with E-state index >= 15 is 4.39 Å². The molecule has 13 heteroatoms. The van der Waals surface area contributed by atoms with Crippen molar-refractivity contribution in [2.24, 2.45) is 28.0 Å². The van der Waals surface area contributed by atoms with Crippen molar-refractivity contribution >= 4 is 39.0 Å². The van der Waals surface area contributed by atoms with Gasteiger partial charge in [-0.3, -0.25) is 14.3 Å². The third-order valence-electron chi connectivity index (χ3n) is 12.3. The van der Waals surface area contributed by atoms with Crippen LogP contribution in [0.3, 0.4) is 0 Å². The monoisotopic (exact) mass is 769 g/mol. The lowest BCUT2D eigenvalue weighted by Crippen LogP contribution is -2.50. The van der Waals surface area contributed by atoms with Gasteiger partial charge in [0.2, 0.25) is 0 Å². The first-order valence-electron chi connectivity index (χ1n) is 19.0. The first kappa shape index (κ1) is 36.9. The second-order valence-electron chi connectivity index (χ2n) is 16.1. The molecule has 1 N–H and O–H groups in total. The van der Waals surface area contributed by atoms with E-state index in [2.05, 4.69) is 32.2 Å². The van der Waals surface area contributed by atoms with Gasteiger partial charge in [-0.15, -0.1) is 4.36 Å². The van der Waals surface area contributed by atoms with E-state index in [1.165, 1.54) is 17.2 Å². The van der Waals surface area contributed by atoms with Gasteiger partial charge in [-0.1, -0.05) is 36.7 Å². The molecule has 1 spiro atoms. The van der Waals surface area contributed by atoms with Crippen molar-refractivity contribution < 1.29 is 37.1 Å². The summed E-state index contributed by atoms with van der Waals surface area (Å²) in [5.41, 5.74) is 1.93. The lowest BCUT2D eigenvalue weighted by molar-refractivity contribution is -0.128. The Hall–Kier alpha value is -3.03. The molecule has 2 amide bonds. The Labute approximate surface area is 316 Å². The second kappa shape index (κ2) is 14.9. The largest absolute Gasteiger partial charge is 0.490 e. The van der Waals surface area contributed by atoms with E-state index in [4.69, 9.17) is 30.5 Å². The van der Waals surface area contributed by atoms with Crippen molar-refractivity contribution in [3.63, 3.8) is 0 Å². The van der Waals surface area contributed by atoms with Gasteiger partial charge in [0.05, 0.1) is 30.1 Å². The molecule has 0 aromatic heterocycles. The summed E-state index contributed by atoms with van der Waals surface area (Å²) in [6.07, 6.45) is 9.59. The molecule has 286 valence electrons. The standard InChI is InChI=1S/C40H49ClFN3O7S/c1-24-4-3-5-34(49-2)29-8-6-25(29)19-45-22-40(18-26-16-31(26)32-17-27(41)7-10-33(32)40)23-52-35-11-9-30(37(42)38(35)45)39(47)44-53(48,21-24)43-36(46)20-51-28-12-14-50-15-13-28/h3,5,7,9-11,17,24-26,28-29,31,34H,4,6,8,12-16,18-23H2,1-2H3,(H,43,44,46,47,48)/b5-3-/t24-,25-,26-,29+,31-,34-,40-,53?/m0/s1. The Morgan fingerprint density at radius 1 is 1.17 bits per heavy atom.